The van der Waals surface area contributed by atoms with E-state index < -0.39 is 17.6 Å². The van der Waals surface area contributed by atoms with E-state index in [1.165, 1.54) is 13.0 Å². The summed E-state index contributed by atoms with van der Waals surface area (Å²) in [5.41, 5.74) is 2.83. The normalized spacial score (nSPS) is 16.2. The maximum atomic E-state index is 15.0. The SMILES string of the molecule is CC(=O)OCC(=O)N1CCc2nc(Nc3ncc(F)c(-c4cc(F)c5nc6n(c5c4)C(C)CC6)n3)ccc2C1. The number of hydrogen-bond donors (Lipinski definition) is 1. The number of rotatable bonds is 5. The van der Waals surface area contributed by atoms with Crippen molar-refractivity contribution in [2.45, 2.75) is 45.7 Å². The van der Waals surface area contributed by atoms with Crippen molar-refractivity contribution in [3.8, 4) is 11.3 Å². The molecule has 39 heavy (non-hydrogen) atoms. The number of aryl methyl sites for hydroxylation is 1. The highest BCUT2D eigenvalue weighted by atomic mass is 19.1. The minimum atomic E-state index is -0.676. The zero-order valence-corrected chi connectivity index (χ0v) is 21.4. The molecule has 0 spiro atoms. The van der Waals surface area contributed by atoms with Gasteiger partial charge in [-0.05, 0) is 37.1 Å². The predicted molar refractivity (Wildman–Crippen MR) is 137 cm³/mol. The number of esters is 1. The van der Waals surface area contributed by atoms with Crippen molar-refractivity contribution < 1.29 is 23.1 Å². The van der Waals surface area contributed by atoms with Crippen LogP contribution >= 0.6 is 0 Å². The Bertz CT molecular complexity index is 1640. The number of aromatic nitrogens is 5. The van der Waals surface area contributed by atoms with Crippen LogP contribution in [0.1, 0.15) is 43.4 Å². The number of pyridine rings is 1. The summed E-state index contributed by atoms with van der Waals surface area (Å²) in [5.74, 6) is -0.582. The average Bonchev–Trinajstić information content (AvgIpc) is 3.48. The minimum absolute atomic E-state index is 0.0330. The number of fused-ring (bicyclic) bond motifs is 4. The monoisotopic (exact) mass is 533 g/mol. The van der Waals surface area contributed by atoms with Crippen LogP contribution in [-0.4, -0.2) is 54.4 Å². The second kappa shape index (κ2) is 9.68. The van der Waals surface area contributed by atoms with Crippen LogP contribution in [0.15, 0.2) is 30.5 Å². The van der Waals surface area contributed by atoms with Gasteiger partial charge in [-0.25, -0.2) is 28.7 Å². The zero-order valence-electron chi connectivity index (χ0n) is 21.4. The Kier molecular flexibility index (Phi) is 6.16. The van der Waals surface area contributed by atoms with E-state index >= 15 is 0 Å². The Balaban J connectivity index is 1.24. The molecule has 1 N–H and O–H groups in total. The second-order valence-corrected chi connectivity index (χ2v) is 9.77. The first-order valence-corrected chi connectivity index (χ1v) is 12.7. The summed E-state index contributed by atoms with van der Waals surface area (Å²) in [7, 11) is 0. The smallest absolute Gasteiger partial charge is 0.303 e. The third kappa shape index (κ3) is 4.66. The number of benzene rings is 1. The van der Waals surface area contributed by atoms with E-state index in [1.807, 2.05) is 10.6 Å². The van der Waals surface area contributed by atoms with Crippen molar-refractivity contribution in [2.75, 3.05) is 18.5 Å². The molecule has 0 aliphatic carbocycles. The summed E-state index contributed by atoms with van der Waals surface area (Å²) in [5, 5.41) is 3.00. The lowest BCUT2D eigenvalue weighted by atomic mass is 10.1. The fraction of sp³-hybridized carbons (Fsp3) is 0.333. The molecule has 0 bridgehead atoms. The Morgan fingerprint density at radius 2 is 1.97 bits per heavy atom. The third-order valence-corrected chi connectivity index (χ3v) is 7.11. The molecule has 2 aliphatic heterocycles. The van der Waals surface area contributed by atoms with Crippen LogP contribution in [0.3, 0.4) is 0 Å². The molecule has 3 aromatic heterocycles. The number of carbonyl (C=O) groups is 2. The van der Waals surface area contributed by atoms with Gasteiger partial charge in [0.1, 0.15) is 22.9 Å². The number of nitrogens with zero attached hydrogens (tertiary/aromatic N) is 6. The Morgan fingerprint density at radius 3 is 2.79 bits per heavy atom. The topological polar surface area (TPSA) is 115 Å². The molecule has 200 valence electrons. The first-order chi connectivity index (χ1) is 18.8. The van der Waals surface area contributed by atoms with Crippen LogP contribution in [0.4, 0.5) is 20.5 Å². The summed E-state index contributed by atoms with van der Waals surface area (Å²) < 4.78 is 36.7. The van der Waals surface area contributed by atoms with Gasteiger partial charge in [-0.3, -0.25) is 9.59 Å². The molecule has 1 amide bonds. The molecule has 12 heteroatoms. The zero-order chi connectivity index (χ0) is 27.3. The highest BCUT2D eigenvalue weighted by molar-refractivity contribution is 5.83. The second-order valence-electron chi connectivity index (χ2n) is 9.77. The van der Waals surface area contributed by atoms with Crippen molar-refractivity contribution in [3.05, 3.63) is 59.2 Å². The lowest BCUT2D eigenvalue weighted by Crippen LogP contribution is -2.38. The first-order valence-electron chi connectivity index (χ1n) is 12.7. The fourth-order valence-corrected chi connectivity index (χ4v) is 5.17. The Labute approximate surface area is 222 Å². The molecule has 0 saturated carbocycles. The number of carbonyl (C=O) groups excluding carboxylic acids is 2. The van der Waals surface area contributed by atoms with Crippen LogP contribution in [0.2, 0.25) is 0 Å². The largest absolute Gasteiger partial charge is 0.456 e. The van der Waals surface area contributed by atoms with Crippen LogP contribution in [0, 0.1) is 11.6 Å². The van der Waals surface area contributed by atoms with Gasteiger partial charge in [0.05, 0.1) is 11.7 Å². The van der Waals surface area contributed by atoms with E-state index in [2.05, 4.69) is 32.2 Å². The highest BCUT2D eigenvalue weighted by Gasteiger charge is 2.26. The van der Waals surface area contributed by atoms with Crippen LogP contribution in [-0.2, 0) is 33.7 Å². The summed E-state index contributed by atoms with van der Waals surface area (Å²) in [4.78, 5) is 42.3. The molecular formula is C27H25F2N7O3. The molecule has 0 fully saturated rings. The van der Waals surface area contributed by atoms with Crippen molar-refractivity contribution in [3.63, 3.8) is 0 Å². The fourth-order valence-electron chi connectivity index (χ4n) is 5.17. The van der Waals surface area contributed by atoms with E-state index in [0.29, 0.717) is 36.4 Å². The van der Waals surface area contributed by atoms with Crippen LogP contribution in [0.5, 0.6) is 0 Å². The average molecular weight is 534 g/mol. The molecule has 0 saturated heterocycles. The standard InChI is InChI=1S/C27H25F2N7O3/c1-14-3-6-23-33-26-18(28)9-17(10-21(26)36(14)23)25-19(29)11-30-27(34-25)32-22-5-4-16-12-35(8-7-20(16)31-22)24(38)13-39-15(2)37/h4-5,9-11,14H,3,6-8,12-13H2,1-2H3,(H,30,31,32,34). The number of nitrogens with one attached hydrogen (secondary N) is 1. The van der Waals surface area contributed by atoms with E-state index in [-0.39, 0.29) is 35.7 Å². The number of ether oxygens (including phenoxy) is 1. The number of anilines is 2. The number of imidazole rings is 1. The van der Waals surface area contributed by atoms with Gasteiger partial charge in [-0.15, -0.1) is 0 Å². The number of amides is 1. The van der Waals surface area contributed by atoms with E-state index in [1.54, 1.807) is 17.0 Å². The number of hydrogen-bond acceptors (Lipinski definition) is 8. The first kappa shape index (κ1) is 24.8. The molecule has 2 aliphatic rings. The van der Waals surface area contributed by atoms with E-state index in [0.717, 1.165) is 36.1 Å². The maximum Gasteiger partial charge on any atom is 0.303 e. The van der Waals surface area contributed by atoms with Gasteiger partial charge in [0.2, 0.25) is 5.95 Å². The lowest BCUT2D eigenvalue weighted by Gasteiger charge is -2.28. The summed E-state index contributed by atoms with van der Waals surface area (Å²) >= 11 is 0. The summed E-state index contributed by atoms with van der Waals surface area (Å²) in [6, 6.07) is 6.70. The van der Waals surface area contributed by atoms with Crippen LogP contribution < -0.4 is 5.32 Å². The van der Waals surface area contributed by atoms with Gasteiger partial charge in [0.25, 0.3) is 5.91 Å². The van der Waals surface area contributed by atoms with Gasteiger partial charge in [0, 0.05) is 50.2 Å². The van der Waals surface area contributed by atoms with E-state index in [4.69, 9.17) is 4.74 Å². The Morgan fingerprint density at radius 1 is 1.13 bits per heavy atom. The summed E-state index contributed by atoms with van der Waals surface area (Å²) in [6.45, 7) is 3.81. The van der Waals surface area contributed by atoms with Gasteiger partial charge < -0.3 is 19.5 Å². The van der Waals surface area contributed by atoms with Crippen molar-refractivity contribution in [1.29, 1.82) is 0 Å². The van der Waals surface area contributed by atoms with Gasteiger partial charge in [0.15, 0.2) is 18.2 Å². The number of halogens is 2. The molecule has 1 atom stereocenters. The van der Waals surface area contributed by atoms with Gasteiger partial charge in [-0.2, -0.15) is 0 Å². The highest BCUT2D eigenvalue weighted by Crippen LogP contribution is 2.34. The van der Waals surface area contributed by atoms with Crippen molar-refractivity contribution in [2.24, 2.45) is 0 Å². The predicted octanol–water partition coefficient (Wildman–Crippen LogP) is 3.87. The van der Waals surface area contributed by atoms with Gasteiger partial charge >= 0.3 is 5.97 Å². The third-order valence-electron chi connectivity index (χ3n) is 7.11. The molecular weight excluding hydrogens is 508 g/mol. The van der Waals surface area contributed by atoms with Crippen LogP contribution in [0.25, 0.3) is 22.3 Å². The maximum absolute atomic E-state index is 15.0. The Hall–Kier alpha value is -4.48. The molecule has 5 heterocycles. The van der Waals surface area contributed by atoms with Crippen molar-refractivity contribution >= 4 is 34.7 Å². The van der Waals surface area contributed by atoms with Gasteiger partial charge in [-0.1, -0.05) is 6.07 Å². The molecule has 4 aromatic rings. The lowest BCUT2D eigenvalue weighted by molar-refractivity contribution is -0.150. The van der Waals surface area contributed by atoms with Crippen molar-refractivity contribution in [1.82, 2.24) is 29.4 Å². The molecule has 1 unspecified atom stereocenters. The molecule has 1 aromatic carbocycles. The molecule has 0 radical (unpaired) electrons. The quantitative estimate of drug-likeness (QED) is 0.385. The molecule has 6 rings (SSSR count). The summed E-state index contributed by atoms with van der Waals surface area (Å²) in [6.07, 6.45) is 3.26. The van der Waals surface area contributed by atoms with E-state index in [9.17, 15) is 18.4 Å². The minimum Gasteiger partial charge on any atom is -0.456 e. The molecule has 10 nitrogen and oxygen atoms in total.